The highest BCUT2D eigenvalue weighted by atomic mass is 35.5. The predicted octanol–water partition coefficient (Wildman–Crippen LogP) is 4.73. The first kappa shape index (κ1) is 32.2. The number of pyridine rings is 1. The van der Waals surface area contributed by atoms with Crippen molar-refractivity contribution in [3.63, 3.8) is 0 Å². The molecular weight excluding hydrogens is 656 g/mol. The molecule has 0 radical (unpaired) electrons. The maximum absolute atomic E-state index is 13.2. The smallest absolute Gasteiger partial charge is 0.332 e. The summed E-state index contributed by atoms with van der Waals surface area (Å²) in [5.74, 6) is 1.50. The van der Waals surface area contributed by atoms with E-state index in [0.717, 1.165) is 76.1 Å². The van der Waals surface area contributed by atoms with Gasteiger partial charge in [0.15, 0.2) is 5.65 Å². The quantitative estimate of drug-likeness (QED) is 0.259. The predicted molar refractivity (Wildman–Crippen MR) is 192 cm³/mol. The Bertz CT molecular complexity index is 2380. The van der Waals surface area contributed by atoms with Gasteiger partial charge in [-0.05, 0) is 61.9 Å². The molecule has 0 saturated carbocycles. The lowest BCUT2D eigenvalue weighted by Crippen LogP contribution is -2.67. The summed E-state index contributed by atoms with van der Waals surface area (Å²) in [6.45, 7) is 5.40. The minimum absolute atomic E-state index is 0.0855. The molecule has 1 amide bonds. The molecule has 5 heterocycles. The van der Waals surface area contributed by atoms with Crippen LogP contribution in [0.25, 0.3) is 33.4 Å². The van der Waals surface area contributed by atoms with Gasteiger partial charge in [-0.1, -0.05) is 41.9 Å². The number of fused-ring (bicyclic) bond motifs is 2. The molecule has 2 N–H and O–H groups in total. The van der Waals surface area contributed by atoms with Crippen molar-refractivity contribution in [2.45, 2.75) is 51.1 Å². The average Bonchev–Trinajstić information content (AvgIpc) is 3.70. The third-order valence-electron chi connectivity index (χ3n) is 10.6. The van der Waals surface area contributed by atoms with Crippen molar-refractivity contribution in [1.29, 1.82) is 0 Å². The van der Waals surface area contributed by atoms with Gasteiger partial charge in [0, 0.05) is 62.0 Å². The second-order valence-corrected chi connectivity index (χ2v) is 14.0. The Kier molecular flexibility index (Phi) is 7.57. The normalized spacial score (nSPS) is 18.0. The van der Waals surface area contributed by atoms with E-state index in [1.165, 1.54) is 17.2 Å². The van der Waals surface area contributed by atoms with Crippen LogP contribution in [0.2, 0.25) is 5.02 Å². The first-order valence-corrected chi connectivity index (χ1v) is 17.1. The Labute approximate surface area is 293 Å². The molecule has 1 spiro atoms. The molecule has 256 valence electrons. The van der Waals surface area contributed by atoms with Crippen molar-refractivity contribution in [2.75, 3.05) is 25.5 Å². The zero-order valence-electron chi connectivity index (χ0n) is 28.6. The Morgan fingerprint density at radius 3 is 2.44 bits per heavy atom. The number of hydrogen-bond donors (Lipinski definition) is 2. The van der Waals surface area contributed by atoms with Gasteiger partial charge in [0.05, 0.1) is 23.4 Å². The van der Waals surface area contributed by atoms with Gasteiger partial charge in [0.2, 0.25) is 11.8 Å². The highest BCUT2D eigenvalue weighted by Gasteiger charge is 2.51. The number of hydrogen-bond acceptors (Lipinski definition) is 9. The van der Waals surface area contributed by atoms with Gasteiger partial charge in [-0.25, -0.2) is 19.7 Å². The second kappa shape index (κ2) is 11.8. The van der Waals surface area contributed by atoms with Gasteiger partial charge in [0.25, 0.3) is 5.56 Å². The maximum Gasteiger partial charge on any atom is 0.332 e. The Morgan fingerprint density at radius 1 is 0.960 bits per heavy atom. The first-order chi connectivity index (χ1) is 24.0. The molecule has 13 heteroatoms. The number of amides is 1. The molecule has 3 aliphatic rings. The highest BCUT2D eigenvalue weighted by molar-refractivity contribution is 6.36. The fourth-order valence-corrected chi connectivity index (χ4v) is 8.31. The minimum Gasteiger partial charge on any atom is -0.481 e. The highest BCUT2D eigenvalue weighted by Crippen LogP contribution is 2.47. The van der Waals surface area contributed by atoms with Crippen molar-refractivity contribution >= 4 is 40.0 Å². The number of carbonyl (C=O) groups is 1. The zero-order valence-corrected chi connectivity index (χ0v) is 29.3. The van der Waals surface area contributed by atoms with Crippen LogP contribution >= 0.6 is 11.6 Å². The van der Waals surface area contributed by atoms with Crippen LogP contribution in [0, 0.1) is 13.8 Å². The fraction of sp³-hybridized carbons (Fsp3) is 0.351. The van der Waals surface area contributed by atoms with Crippen LogP contribution in [0.1, 0.15) is 47.8 Å². The third-order valence-corrected chi connectivity index (χ3v) is 11.0. The van der Waals surface area contributed by atoms with Crippen LogP contribution in [0.15, 0.2) is 52.1 Å². The monoisotopic (exact) mass is 692 g/mol. The van der Waals surface area contributed by atoms with Crippen LogP contribution in [0.3, 0.4) is 0 Å². The van der Waals surface area contributed by atoms with Crippen LogP contribution in [0.4, 0.5) is 11.5 Å². The number of methoxy groups -OCH3 is 1. The Balaban J connectivity index is 1.13. The number of carbonyl (C=O) groups excluding carboxylic acids is 1. The van der Waals surface area contributed by atoms with E-state index >= 15 is 0 Å². The summed E-state index contributed by atoms with van der Waals surface area (Å²) < 4.78 is 8.31. The number of nitrogens with zero attached hydrogens (tertiary/aromatic N) is 6. The molecule has 12 nitrogen and oxygen atoms in total. The number of halogens is 1. The first-order valence-electron chi connectivity index (χ1n) is 16.7. The van der Waals surface area contributed by atoms with Gasteiger partial charge in [-0.2, -0.15) is 0 Å². The third kappa shape index (κ3) is 4.99. The summed E-state index contributed by atoms with van der Waals surface area (Å²) in [5, 5.41) is 7.33. The number of anilines is 2. The summed E-state index contributed by atoms with van der Waals surface area (Å²) in [4.78, 5) is 54.1. The van der Waals surface area contributed by atoms with Crippen LogP contribution in [-0.4, -0.2) is 60.6 Å². The van der Waals surface area contributed by atoms with Gasteiger partial charge < -0.3 is 15.4 Å². The zero-order chi connectivity index (χ0) is 35.1. The molecule has 3 aromatic heterocycles. The van der Waals surface area contributed by atoms with E-state index < -0.39 is 11.2 Å². The molecule has 50 heavy (non-hydrogen) atoms. The summed E-state index contributed by atoms with van der Waals surface area (Å²) in [6, 6.07) is 14.1. The van der Waals surface area contributed by atoms with E-state index in [9.17, 15) is 14.4 Å². The summed E-state index contributed by atoms with van der Waals surface area (Å²) >= 11 is 7.23. The Hall–Kier alpha value is -5.07. The number of rotatable bonds is 6. The van der Waals surface area contributed by atoms with Crippen molar-refractivity contribution in [3.05, 3.63) is 90.8 Å². The second-order valence-electron chi connectivity index (χ2n) is 13.7. The summed E-state index contributed by atoms with van der Waals surface area (Å²) in [5.41, 5.74) is 6.46. The molecule has 1 unspecified atom stereocenters. The van der Waals surface area contributed by atoms with Gasteiger partial charge in [-0.15, -0.1) is 0 Å². The van der Waals surface area contributed by atoms with E-state index in [2.05, 4.69) is 31.6 Å². The SMILES string of the molecule is COc1nc(-c2cccc(-c3cccc(Nc4nc(C)nc5c4c(=O)n(C)c(=O)n5C)c3C)c2Cl)cc2c1C(N1CC3(CCC(=O)N3)C1)CC2. The van der Waals surface area contributed by atoms with E-state index in [4.69, 9.17) is 21.3 Å². The number of ether oxygens (including phenoxy) is 1. The van der Waals surface area contributed by atoms with Gasteiger partial charge >= 0.3 is 5.69 Å². The van der Waals surface area contributed by atoms with E-state index in [0.29, 0.717) is 29.0 Å². The van der Waals surface area contributed by atoms with Crippen molar-refractivity contribution in [1.82, 2.24) is 34.3 Å². The van der Waals surface area contributed by atoms with Crippen LogP contribution in [0.5, 0.6) is 5.88 Å². The van der Waals surface area contributed by atoms with Crippen molar-refractivity contribution < 1.29 is 9.53 Å². The number of likely N-dealkylation sites (tertiary alicyclic amines) is 1. The van der Waals surface area contributed by atoms with Gasteiger partial charge in [0.1, 0.15) is 17.0 Å². The molecular formula is C37H37ClN8O4. The Morgan fingerprint density at radius 2 is 1.70 bits per heavy atom. The van der Waals surface area contributed by atoms with E-state index in [-0.39, 0.29) is 28.5 Å². The lowest BCUT2D eigenvalue weighted by molar-refractivity contribution is -0.121. The van der Waals surface area contributed by atoms with Crippen molar-refractivity contribution in [3.8, 4) is 28.3 Å². The number of benzene rings is 2. The summed E-state index contributed by atoms with van der Waals surface area (Å²) in [7, 11) is 4.69. The molecule has 8 rings (SSSR count). The maximum atomic E-state index is 13.2. The number of aromatic nitrogens is 5. The number of aryl methyl sites for hydroxylation is 3. The molecule has 2 aliphatic heterocycles. The van der Waals surface area contributed by atoms with E-state index in [1.54, 1.807) is 21.1 Å². The molecule has 0 bridgehead atoms. The average molecular weight is 693 g/mol. The topological polar surface area (TPSA) is 136 Å². The lowest BCUT2D eigenvalue weighted by Gasteiger charge is -2.50. The number of nitrogens with one attached hydrogen (secondary N) is 2. The molecule has 5 aromatic rings. The standard InChI is InChI=1S/C37H37ClN8O4/c1-19-22(8-7-11-25(19)41-32-30-33(40-20(2)39-32)44(3)36(49)45(4)35(30)48)23-9-6-10-24(31(23)38)26-16-21-12-13-27(29(21)34(42-26)50-5)46-17-37(18-46)15-14-28(47)43-37/h6-11,16,27H,12-15,17-18H2,1-5H3,(H,43,47)(H,39,40,41). The molecule has 2 fully saturated rings. The molecule has 1 aliphatic carbocycles. The van der Waals surface area contributed by atoms with E-state index in [1.807, 2.05) is 43.3 Å². The minimum atomic E-state index is -0.477. The molecule has 2 aromatic carbocycles. The molecule has 2 saturated heterocycles. The molecule has 1 atom stereocenters. The largest absolute Gasteiger partial charge is 0.481 e. The van der Waals surface area contributed by atoms with Crippen LogP contribution < -0.4 is 26.6 Å². The van der Waals surface area contributed by atoms with Crippen LogP contribution in [-0.2, 0) is 25.3 Å². The van der Waals surface area contributed by atoms with Crippen molar-refractivity contribution in [2.24, 2.45) is 14.1 Å². The fourth-order valence-electron chi connectivity index (χ4n) is 7.99. The lowest BCUT2D eigenvalue weighted by atomic mass is 9.86. The summed E-state index contributed by atoms with van der Waals surface area (Å²) in [6.07, 6.45) is 3.37. The van der Waals surface area contributed by atoms with Gasteiger partial charge in [-0.3, -0.25) is 23.6 Å².